The Morgan fingerprint density at radius 3 is 2.42 bits per heavy atom. The molecule has 2 aromatic carbocycles. The number of anilines is 1. The molecule has 0 unspecified atom stereocenters. The van der Waals surface area contributed by atoms with Crippen molar-refractivity contribution in [2.75, 3.05) is 19.0 Å². The Hall–Kier alpha value is -3.61. The molecule has 0 aliphatic rings. The number of hydrazine groups is 1. The maximum Gasteiger partial charge on any atom is 0.349 e. The number of fused-ring (bicyclic) bond motifs is 1. The average Bonchev–Trinajstić information content (AvgIpc) is 2.65. The fourth-order valence-electron chi connectivity index (χ4n) is 2.40. The van der Waals surface area contributed by atoms with E-state index in [1.807, 2.05) is 25.1 Å². The van der Waals surface area contributed by atoms with Gasteiger partial charge >= 0.3 is 5.63 Å². The van der Waals surface area contributed by atoms with Crippen LogP contribution in [0.3, 0.4) is 0 Å². The third-order valence-electron chi connectivity index (χ3n) is 3.80. The lowest BCUT2D eigenvalue weighted by Crippen LogP contribution is -2.43. The highest BCUT2D eigenvalue weighted by atomic mass is 16.4. The van der Waals surface area contributed by atoms with Crippen LogP contribution in [0.1, 0.15) is 20.7 Å². The van der Waals surface area contributed by atoms with Gasteiger partial charge in [0, 0.05) is 30.7 Å². The molecule has 0 saturated carbocycles. The molecule has 0 radical (unpaired) electrons. The van der Waals surface area contributed by atoms with Crippen LogP contribution in [0.15, 0.2) is 63.8 Å². The number of rotatable bonds is 3. The van der Waals surface area contributed by atoms with Crippen molar-refractivity contribution in [3.05, 3.63) is 76.1 Å². The van der Waals surface area contributed by atoms with Gasteiger partial charge in [-0.3, -0.25) is 20.4 Å². The molecule has 132 valence electrons. The van der Waals surface area contributed by atoms with Crippen molar-refractivity contribution < 1.29 is 14.0 Å². The van der Waals surface area contributed by atoms with E-state index in [1.54, 1.807) is 42.5 Å². The van der Waals surface area contributed by atoms with Gasteiger partial charge in [-0.05, 0) is 30.3 Å². The van der Waals surface area contributed by atoms with E-state index in [9.17, 15) is 14.4 Å². The van der Waals surface area contributed by atoms with Crippen molar-refractivity contribution in [3.63, 3.8) is 0 Å². The van der Waals surface area contributed by atoms with E-state index >= 15 is 0 Å². The first-order chi connectivity index (χ1) is 12.5. The molecular weight excluding hydrogens is 334 g/mol. The summed E-state index contributed by atoms with van der Waals surface area (Å²) in [7, 11) is 3.72. The van der Waals surface area contributed by atoms with Crippen molar-refractivity contribution >= 4 is 28.5 Å². The second-order valence-corrected chi connectivity index (χ2v) is 5.84. The number of nitrogens with one attached hydrogen (secondary N) is 2. The first-order valence-electron chi connectivity index (χ1n) is 7.86. The topological polar surface area (TPSA) is 91.7 Å². The van der Waals surface area contributed by atoms with Gasteiger partial charge in [0.1, 0.15) is 11.1 Å². The number of carbonyl (C=O) groups excluding carboxylic acids is 2. The Labute approximate surface area is 149 Å². The SMILES string of the molecule is CN(C)c1cccc(C(=O)NNC(=O)c2cc3ccccc3oc2=O)c1. The molecule has 3 aromatic rings. The predicted molar refractivity (Wildman–Crippen MR) is 98.2 cm³/mol. The number of para-hydroxylation sites is 1. The number of benzene rings is 2. The molecule has 7 heteroatoms. The van der Waals surface area contributed by atoms with E-state index in [0.717, 1.165) is 5.69 Å². The Balaban J connectivity index is 1.74. The minimum Gasteiger partial charge on any atom is -0.422 e. The summed E-state index contributed by atoms with van der Waals surface area (Å²) < 4.78 is 5.11. The van der Waals surface area contributed by atoms with Gasteiger partial charge in [-0.2, -0.15) is 0 Å². The molecule has 0 fully saturated rings. The van der Waals surface area contributed by atoms with Gasteiger partial charge in [0.05, 0.1) is 0 Å². The van der Waals surface area contributed by atoms with E-state index in [1.165, 1.54) is 6.07 Å². The van der Waals surface area contributed by atoms with E-state index in [-0.39, 0.29) is 5.56 Å². The molecule has 26 heavy (non-hydrogen) atoms. The highest BCUT2D eigenvalue weighted by Crippen LogP contribution is 2.14. The Kier molecular flexibility index (Phi) is 4.70. The number of amides is 2. The largest absolute Gasteiger partial charge is 0.422 e. The molecule has 1 heterocycles. The Bertz CT molecular complexity index is 1040. The van der Waals surface area contributed by atoms with E-state index in [4.69, 9.17) is 4.42 Å². The maximum absolute atomic E-state index is 12.2. The van der Waals surface area contributed by atoms with Crippen LogP contribution in [0.5, 0.6) is 0 Å². The maximum atomic E-state index is 12.2. The van der Waals surface area contributed by atoms with E-state index in [2.05, 4.69) is 10.9 Å². The van der Waals surface area contributed by atoms with Crippen LogP contribution in [0.25, 0.3) is 11.0 Å². The summed E-state index contributed by atoms with van der Waals surface area (Å²) in [6, 6.07) is 15.2. The molecule has 1 aromatic heterocycles. The number of hydrogen-bond donors (Lipinski definition) is 2. The highest BCUT2D eigenvalue weighted by molar-refractivity contribution is 6.00. The van der Waals surface area contributed by atoms with Crippen molar-refractivity contribution in [1.82, 2.24) is 10.9 Å². The van der Waals surface area contributed by atoms with Crippen LogP contribution in [-0.4, -0.2) is 25.9 Å². The predicted octanol–water partition coefficient (Wildman–Crippen LogP) is 1.93. The molecule has 0 aliphatic carbocycles. The van der Waals surface area contributed by atoms with Crippen LogP contribution in [0, 0.1) is 0 Å². The van der Waals surface area contributed by atoms with Gasteiger partial charge in [-0.1, -0.05) is 24.3 Å². The van der Waals surface area contributed by atoms with Gasteiger partial charge < -0.3 is 9.32 Å². The zero-order valence-corrected chi connectivity index (χ0v) is 14.3. The summed E-state index contributed by atoms with van der Waals surface area (Å²) in [5, 5.41) is 0.613. The number of hydrogen-bond acceptors (Lipinski definition) is 5. The van der Waals surface area contributed by atoms with Crippen molar-refractivity contribution in [2.24, 2.45) is 0 Å². The smallest absolute Gasteiger partial charge is 0.349 e. The van der Waals surface area contributed by atoms with Gasteiger partial charge in [-0.15, -0.1) is 0 Å². The van der Waals surface area contributed by atoms with Crippen molar-refractivity contribution in [1.29, 1.82) is 0 Å². The van der Waals surface area contributed by atoms with Crippen LogP contribution in [0.2, 0.25) is 0 Å². The fourth-order valence-corrected chi connectivity index (χ4v) is 2.40. The minimum absolute atomic E-state index is 0.189. The minimum atomic E-state index is -0.773. The summed E-state index contributed by atoms with van der Waals surface area (Å²) in [6.45, 7) is 0. The molecule has 0 aliphatic heterocycles. The lowest BCUT2D eigenvalue weighted by atomic mass is 10.2. The summed E-state index contributed by atoms with van der Waals surface area (Å²) in [5.41, 5.74) is 5.19. The normalized spacial score (nSPS) is 10.4. The highest BCUT2D eigenvalue weighted by Gasteiger charge is 2.15. The molecule has 0 saturated heterocycles. The lowest BCUT2D eigenvalue weighted by molar-refractivity contribution is 0.0844. The molecule has 0 bridgehead atoms. The summed E-state index contributed by atoms with van der Waals surface area (Å²) >= 11 is 0. The standard InChI is InChI=1S/C19H17N3O4/c1-22(2)14-8-5-7-13(10-14)17(23)20-21-18(24)15-11-12-6-3-4-9-16(12)26-19(15)25/h3-11H,1-2H3,(H,20,23)(H,21,24). The third kappa shape index (κ3) is 3.56. The molecule has 0 atom stereocenters. The van der Waals surface area contributed by atoms with Crippen LogP contribution >= 0.6 is 0 Å². The zero-order chi connectivity index (χ0) is 18.7. The quantitative estimate of drug-likeness (QED) is 0.556. The van der Waals surface area contributed by atoms with Gasteiger partial charge in [0.15, 0.2) is 0 Å². The fraction of sp³-hybridized carbons (Fsp3) is 0.105. The van der Waals surface area contributed by atoms with Gasteiger partial charge in [0.25, 0.3) is 11.8 Å². The van der Waals surface area contributed by atoms with Crippen LogP contribution in [-0.2, 0) is 0 Å². The van der Waals surface area contributed by atoms with E-state index in [0.29, 0.717) is 16.5 Å². The molecular formula is C19H17N3O4. The van der Waals surface area contributed by atoms with E-state index < -0.39 is 17.4 Å². The lowest BCUT2D eigenvalue weighted by Gasteiger charge is -2.13. The summed E-state index contributed by atoms with van der Waals surface area (Å²) in [5.74, 6) is -1.24. The average molecular weight is 351 g/mol. The van der Waals surface area contributed by atoms with Crippen molar-refractivity contribution in [2.45, 2.75) is 0 Å². The second-order valence-electron chi connectivity index (χ2n) is 5.84. The molecule has 7 nitrogen and oxygen atoms in total. The number of nitrogens with zero attached hydrogens (tertiary/aromatic N) is 1. The first-order valence-corrected chi connectivity index (χ1v) is 7.86. The summed E-state index contributed by atoms with van der Waals surface area (Å²) in [4.78, 5) is 38.3. The molecule has 2 N–H and O–H groups in total. The zero-order valence-electron chi connectivity index (χ0n) is 14.3. The van der Waals surface area contributed by atoms with Gasteiger partial charge in [-0.25, -0.2) is 4.79 Å². The molecule has 3 rings (SSSR count). The Morgan fingerprint density at radius 2 is 1.65 bits per heavy atom. The van der Waals surface area contributed by atoms with Crippen LogP contribution in [0.4, 0.5) is 5.69 Å². The number of carbonyl (C=O) groups is 2. The molecule has 2 amide bonds. The molecule has 0 spiro atoms. The van der Waals surface area contributed by atoms with Crippen LogP contribution < -0.4 is 21.4 Å². The first kappa shape index (κ1) is 17.2. The summed E-state index contributed by atoms with van der Waals surface area (Å²) in [6.07, 6.45) is 0. The monoisotopic (exact) mass is 351 g/mol. The third-order valence-corrected chi connectivity index (χ3v) is 3.80. The Morgan fingerprint density at radius 1 is 0.923 bits per heavy atom. The second kappa shape index (κ2) is 7.10. The van der Waals surface area contributed by atoms with Gasteiger partial charge in [0.2, 0.25) is 0 Å². The van der Waals surface area contributed by atoms with Crippen molar-refractivity contribution in [3.8, 4) is 0 Å².